The lowest BCUT2D eigenvalue weighted by Gasteiger charge is -2.47. The Morgan fingerprint density at radius 2 is 2.11 bits per heavy atom. The third-order valence-electron chi connectivity index (χ3n) is 4.28. The van der Waals surface area contributed by atoms with Crippen LogP contribution in [-0.2, 0) is 4.79 Å². The maximum atomic E-state index is 11.6. The zero-order chi connectivity index (χ0) is 13.4. The summed E-state index contributed by atoms with van der Waals surface area (Å²) in [6.07, 6.45) is 6.79. The van der Waals surface area contributed by atoms with Gasteiger partial charge in [-0.3, -0.25) is 0 Å². The van der Waals surface area contributed by atoms with Crippen molar-refractivity contribution in [2.75, 3.05) is 0 Å². The van der Waals surface area contributed by atoms with Crippen LogP contribution in [0, 0.1) is 0 Å². The Hall–Kier alpha value is -1.61. The third kappa shape index (κ3) is 1.98. The summed E-state index contributed by atoms with van der Waals surface area (Å²) < 4.78 is 0. The first-order valence-corrected chi connectivity index (χ1v) is 7.02. The van der Waals surface area contributed by atoms with Crippen LogP contribution in [0.3, 0.4) is 0 Å². The molecule has 0 radical (unpaired) electrons. The summed E-state index contributed by atoms with van der Waals surface area (Å²) in [6, 6.07) is 8.37. The molecule has 3 rings (SSSR count). The van der Waals surface area contributed by atoms with Crippen LogP contribution >= 0.6 is 0 Å². The standard InChI is InChI=1S/C16H20N2O/c1-11(17)15-9-12-5-2-3-8-14(12)16(10-19)18(15)13-6-4-7-13/h2-3,5,8-11,13,16H,4,6-7,17H2,1H3. The van der Waals surface area contributed by atoms with E-state index < -0.39 is 0 Å². The number of hydrogen-bond acceptors (Lipinski definition) is 3. The molecule has 1 aliphatic heterocycles. The van der Waals surface area contributed by atoms with E-state index in [9.17, 15) is 4.79 Å². The maximum absolute atomic E-state index is 11.6. The van der Waals surface area contributed by atoms with E-state index in [2.05, 4.69) is 23.1 Å². The molecule has 2 atom stereocenters. The molecule has 3 heteroatoms. The van der Waals surface area contributed by atoms with Crippen molar-refractivity contribution in [3.8, 4) is 0 Å². The quantitative estimate of drug-likeness (QED) is 0.845. The number of benzene rings is 1. The van der Waals surface area contributed by atoms with Gasteiger partial charge >= 0.3 is 0 Å². The molecule has 100 valence electrons. The highest BCUT2D eigenvalue weighted by molar-refractivity contribution is 5.72. The van der Waals surface area contributed by atoms with Crippen LogP contribution in [0.5, 0.6) is 0 Å². The summed E-state index contributed by atoms with van der Waals surface area (Å²) in [5.41, 5.74) is 9.45. The number of carbonyl (C=O) groups excluding carboxylic acids is 1. The van der Waals surface area contributed by atoms with E-state index in [1.807, 2.05) is 19.1 Å². The van der Waals surface area contributed by atoms with E-state index >= 15 is 0 Å². The Balaban J connectivity index is 2.09. The van der Waals surface area contributed by atoms with Crippen molar-refractivity contribution >= 4 is 12.4 Å². The monoisotopic (exact) mass is 256 g/mol. The van der Waals surface area contributed by atoms with Crippen molar-refractivity contribution in [2.24, 2.45) is 5.73 Å². The largest absolute Gasteiger partial charge is 0.357 e. The van der Waals surface area contributed by atoms with Gasteiger partial charge in [-0.15, -0.1) is 0 Å². The van der Waals surface area contributed by atoms with Gasteiger partial charge in [-0.25, -0.2) is 0 Å². The molecule has 1 aromatic carbocycles. The zero-order valence-corrected chi connectivity index (χ0v) is 11.3. The molecule has 3 nitrogen and oxygen atoms in total. The van der Waals surface area contributed by atoms with Crippen molar-refractivity contribution in [2.45, 2.75) is 44.3 Å². The topological polar surface area (TPSA) is 46.3 Å². The molecule has 19 heavy (non-hydrogen) atoms. The second-order valence-corrected chi connectivity index (χ2v) is 5.56. The van der Waals surface area contributed by atoms with Gasteiger partial charge in [0.15, 0.2) is 0 Å². The number of nitrogens with two attached hydrogens (primary N) is 1. The predicted molar refractivity (Wildman–Crippen MR) is 76.4 cm³/mol. The number of fused-ring (bicyclic) bond motifs is 1. The Morgan fingerprint density at radius 3 is 2.68 bits per heavy atom. The number of aldehydes is 1. The molecule has 1 heterocycles. The fraction of sp³-hybridized carbons (Fsp3) is 0.438. The van der Waals surface area contributed by atoms with Crippen molar-refractivity contribution in [1.82, 2.24) is 4.90 Å². The van der Waals surface area contributed by atoms with Crippen LogP contribution in [0.1, 0.15) is 43.4 Å². The summed E-state index contributed by atoms with van der Waals surface area (Å²) in [7, 11) is 0. The van der Waals surface area contributed by atoms with Gasteiger partial charge in [-0.2, -0.15) is 0 Å². The van der Waals surface area contributed by atoms with Crippen LogP contribution < -0.4 is 5.73 Å². The van der Waals surface area contributed by atoms with Crippen LogP contribution in [-0.4, -0.2) is 23.3 Å². The summed E-state index contributed by atoms with van der Waals surface area (Å²) in [5.74, 6) is 0. The van der Waals surface area contributed by atoms with E-state index in [0.29, 0.717) is 6.04 Å². The highest BCUT2D eigenvalue weighted by Gasteiger charge is 2.36. The minimum atomic E-state index is -0.174. The lowest BCUT2D eigenvalue weighted by Crippen LogP contribution is -2.47. The van der Waals surface area contributed by atoms with E-state index in [0.717, 1.165) is 36.0 Å². The van der Waals surface area contributed by atoms with Gasteiger partial charge in [0.25, 0.3) is 0 Å². The highest BCUT2D eigenvalue weighted by Crippen LogP contribution is 2.40. The molecule has 1 fully saturated rings. The van der Waals surface area contributed by atoms with Crippen LogP contribution in [0.4, 0.5) is 0 Å². The van der Waals surface area contributed by atoms with E-state index in [4.69, 9.17) is 5.73 Å². The Morgan fingerprint density at radius 1 is 1.37 bits per heavy atom. The normalized spacial score (nSPS) is 24.2. The minimum Gasteiger partial charge on any atom is -0.357 e. The second-order valence-electron chi connectivity index (χ2n) is 5.56. The highest BCUT2D eigenvalue weighted by atomic mass is 16.1. The summed E-state index contributed by atoms with van der Waals surface area (Å²) in [6.45, 7) is 1.99. The average molecular weight is 256 g/mol. The van der Waals surface area contributed by atoms with Gasteiger partial charge in [-0.05, 0) is 43.4 Å². The molecule has 0 amide bonds. The number of carbonyl (C=O) groups is 1. The number of hydrogen-bond donors (Lipinski definition) is 1. The number of nitrogens with zero attached hydrogens (tertiary/aromatic N) is 1. The molecular formula is C16H20N2O. The first-order chi connectivity index (χ1) is 9.22. The zero-order valence-electron chi connectivity index (χ0n) is 11.3. The van der Waals surface area contributed by atoms with E-state index in [-0.39, 0.29) is 12.1 Å². The van der Waals surface area contributed by atoms with Gasteiger partial charge < -0.3 is 15.4 Å². The van der Waals surface area contributed by atoms with Crippen molar-refractivity contribution in [3.63, 3.8) is 0 Å². The van der Waals surface area contributed by atoms with Crippen molar-refractivity contribution < 1.29 is 4.79 Å². The molecule has 2 unspecified atom stereocenters. The van der Waals surface area contributed by atoms with Crippen LogP contribution in [0.25, 0.3) is 6.08 Å². The molecule has 0 spiro atoms. The molecule has 1 saturated carbocycles. The second kappa shape index (κ2) is 4.82. The molecule has 2 N–H and O–H groups in total. The average Bonchev–Trinajstić information content (AvgIpc) is 2.35. The molecule has 1 aromatic rings. The molecular weight excluding hydrogens is 236 g/mol. The smallest absolute Gasteiger partial charge is 0.147 e. The van der Waals surface area contributed by atoms with Gasteiger partial charge in [-0.1, -0.05) is 24.3 Å². The fourth-order valence-electron chi connectivity index (χ4n) is 3.06. The Kier molecular flexibility index (Phi) is 3.15. The van der Waals surface area contributed by atoms with Gasteiger partial charge in [0, 0.05) is 17.8 Å². The fourth-order valence-corrected chi connectivity index (χ4v) is 3.06. The SMILES string of the molecule is CC(N)C1=Cc2ccccc2C(C=O)N1C1CCC1. The van der Waals surface area contributed by atoms with E-state index in [1.54, 1.807) is 0 Å². The lowest BCUT2D eigenvalue weighted by atomic mass is 9.85. The first kappa shape index (κ1) is 12.4. The molecule has 0 bridgehead atoms. The van der Waals surface area contributed by atoms with Crippen molar-refractivity contribution in [1.29, 1.82) is 0 Å². The Bertz CT molecular complexity index is 517. The summed E-state index contributed by atoms with van der Waals surface area (Å²) in [4.78, 5) is 13.9. The minimum absolute atomic E-state index is 0.0450. The lowest BCUT2D eigenvalue weighted by molar-refractivity contribution is -0.113. The van der Waals surface area contributed by atoms with Crippen LogP contribution in [0.2, 0.25) is 0 Å². The molecule has 0 aromatic heterocycles. The summed E-state index contributed by atoms with van der Waals surface area (Å²) >= 11 is 0. The maximum Gasteiger partial charge on any atom is 0.147 e. The van der Waals surface area contributed by atoms with Gasteiger partial charge in [0.1, 0.15) is 12.3 Å². The van der Waals surface area contributed by atoms with Crippen molar-refractivity contribution in [3.05, 3.63) is 41.1 Å². The molecule has 2 aliphatic rings. The Labute approximate surface area is 114 Å². The summed E-state index contributed by atoms with van der Waals surface area (Å²) in [5, 5.41) is 0. The first-order valence-electron chi connectivity index (χ1n) is 7.02. The van der Waals surface area contributed by atoms with Gasteiger partial charge in [0.2, 0.25) is 0 Å². The molecule has 1 aliphatic carbocycles. The predicted octanol–water partition coefficient (Wildman–Crippen LogP) is 2.48. The van der Waals surface area contributed by atoms with Gasteiger partial charge in [0.05, 0.1) is 0 Å². The van der Waals surface area contributed by atoms with Crippen LogP contribution in [0.15, 0.2) is 30.0 Å². The number of rotatable bonds is 3. The molecule has 0 saturated heterocycles. The van der Waals surface area contributed by atoms with E-state index in [1.165, 1.54) is 6.42 Å². The third-order valence-corrected chi connectivity index (χ3v) is 4.28.